The van der Waals surface area contributed by atoms with E-state index in [4.69, 9.17) is 10.3 Å². The van der Waals surface area contributed by atoms with E-state index in [1.54, 1.807) is 0 Å². The van der Waals surface area contributed by atoms with Crippen LogP contribution in [0.15, 0.2) is 10.6 Å². The summed E-state index contributed by atoms with van der Waals surface area (Å²) in [6.45, 7) is 4.34. The molecule has 11 heavy (non-hydrogen) atoms. The van der Waals surface area contributed by atoms with Crippen LogP contribution in [0, 0.1) is 13.8 Å². The smallest absolute Gasteiger partial charge is 0.141 e. The third kappa shape index (κ3) is 1.68. The van der Waals surface area contributed by atoms with Gasteiger partial charge in [0.2, 0.25) is 0 Å². The fourth-order valence-corrected chi connectivity index (χ4v) is 0.914. The Bertz CT molecular complexity index is 244. The van der Waals surface area contributed by atoms with Crippen molar-refractivity contribution in [2.24, 2.45) is 5.73 Å². The Balaban J connectivity index is 2.92. The van der Waals surface area contributed by atoms with Crippen LogP contribution in [0.3, 0.4) is 0 Å². The van der Waals surface area contributed by atoms with Gasteiger partial charge >= 0.3 is 0 Å². The van der Waals surface area contributed by atoms with Crippen molar-refractivity contribution in [3.8, 4) is 0 Å². The summed E-state index contributed by atoms with van der Waals surface area (Å²) in [7, 11) is 0. The SMILES string of the molecule is Cc1noc(C)c1/C=C/CN. The molecule has 0 fully saturated rings. The average Bonchev–Trinajstić information content (AvgIpc) is 2.29. The summed E-state index contributed by atoms with van der Waals surface area (Å²) < 4.78 is 4.95. The Morgan fingerprint density at radius 1 is 1.55 bits per heavy atom. The molecular formula is C8H12N2O. The van der Waals surface area contributed by atoms with Crippen molar-refractivity contribution in [2.45, 2.75) is 13.8 Å². The molecule has 2 N–H and O–H groups in total. The Hall–Kier alpha value is -1.09. The molecule has 0 atom stereocenters. The van der Waals surface area contributed by atoms with E-state index in [0.29, 0.717) is 6.54 Å². The zero-order valence-corrected chi connectivity index (χ0v) is 6.79. The third-order valence-electron chi connectivity index (χ3n) is 1.51. The van der Waals surface area contributed by atoms with Gasteiger partial charge in [0.1, 0.15) is 5.76 Å². The Morgan fingerprint density at radius 3 is 2.73 bits per heavy atom. The summed E-state index contributed by atoms with van der Waals surface area (Å²) >= 11 is 0. The second kappa shape index (κ2) is 3.34. The minimum Gasteiger partial charge on any atom is -0.361 e. The molecule has 1 aromatic heterocycles. The van der Waals surface area contributed by atoms with Gasteiger partial charge in [-0.25, -0.2) is 0 Å². The van der Waals surface area contributed by atoms with Crippen molar-refractivity contribution < 1.29 is 4.52 Å². The molecule has 0 aliphatic carbocycles. The molecule has 0 spiro atoms. The monoisotopic (exact) mass is 152 g/mol. The molecule has 1 aromatic rings. The highest BCUT2D eigenvalue weighted by atomic mass is 16.5. The molecule has 0 aliphatic heterocycles. The van der Waals surface area contributed by atoms with Crippen molar-refractivity contribution in [3.05, 3.63) is 23.1 Å². The first kappa shape index (κ1) is 8.01. The third-order valence-corrected chi connectivity index (χ3v) is 1.51. The van der Waals surface area contributed by atoms with E-state index >= 15 is 0 Å². The summed E-state index contributed by atoms with van der Waals surface area (Å²) in [5.41, 5.74) is 7.25. The normalized spacial score (nSPS) is 11.2. The van der Waals surface area contributed by atoms with Gasteiger partial charge in [-0.1, -0.05) is 17.3 Å². The Labute approximate surface area is 65.9 Å². The molecule has 0 radical (unpaired) electrons. The fraction of sp³-hybridized carbons (Fsp3) is 0.375. The highest BCUT2D eigenvalue weighted by Crippen LogP contribution is 2.13. The van der Waals surface area contributed by atoms with Gasteiger partial charge in [-0.2, -0.15) is 0 Å². The second-order valence-corrected chi connectivity index (χ2v) is 2.38. The van der Waals surface area contributed by atoms with E-state index in [1.165, 1.54) is 0 Å². The van der Waals surface area contributed by atoms with Crippen LogP contribution in [0.1, 0.15) is 17.0 Å². The number of nitrogens with zero attached hydrogens (tertiary/aromatic N) is 1. The average molecular weight is 152 g/mol. The van der Waals surface area contributed by atoms with E-state index in [9.17, 15) is 0 Å². The highest BCUT2D eigenvalue weighted by molar-refractivity contribution is 5.53. The first-order valence-corrected chi connectivity index (χ1v) is 3.55. The van der Waals surface area contributed by atoms with Crippen LogP contribution < -0.4 is 5.73 Å². The topological polar surface area (TPSA) is 52.0 Å². The van der Waals surface area contributed by atoms with Crippen molar-refractivity contribution in [3.63, 3.8) is 0 Å². The summed E-state index contributed by atoms with van der Waals surface area (Å²) in [5, 5.41) is 3.80. The molecule has 0 aliphatic rings. The quantitative estimate of drug-likeness (QED) is 0.694. The molecule has 3 heteroatoms. The van der Waals surface area contributed by atoms with Crippen LogP contribution >= 0.6 is 0 Å². The number of nitrogens with two attached hydrogens (primary N) is 1. The predicted octanol–water partition coefficient (Wildman–Crippen LogP) is 1.26. The lowest BCUT2D eigenvalue weighted by atomic mass is 10.2. The lowest BCUT2D eigenvalue weighted by Gasteiger charge is -1.87. The van der Waals surface area contributed by atoms with E-state index in [0.717, 1.165) is 17.0 Å². The molecule has 0 bridgehead atoms. The number of hydrogen-bond donors (Lipinski definition) is 1. The highest BCUT2D eigenvalue weighted by Gasteiger charge is 2.03. The zero-order chi connectivity index (χ0) is 8.27. The van der Waals surface area contributed by atoms with Crippen molar-refractivity contribution in [2.75, 3.05) is 6.54 Å². The van der Waals surface area contributed by atoms with Crippen LogP contribution in [0.4, 0.5) is 0 Å². The second-order valence-electron chi connectivity index (χ2n) is 2.38. The summed E-state index contributed by atoms with van der Waals surface area (Å²) in [6, 6.07) is 0. The summed E-state index contributed by atoms with van der Waals surface area (Å²) in [6.07, 6.45) is 3.81. The zero-order valence-electron chi connectivity index (χ0n) is 6.79. The summed E-state index contributed by atoms with van der Waals surface area (Å²) in [5.74, 6) is 0.840. The van der Waals surface area contributed by atoms with Crippen LogP contribution in [0.25, 0.3) is 6.08 Å². The largest absolute Gasteiger partial charge is 0.361 e. The van der Waals surface area contributed by atoms with Crippen LogP contribution in [0.2, 0.25) is 0 Å². The summed E-state index contributed by atoms with van der Waals surface area (Å²) in [4.78, 5) is 0. The van der Waals surface area contributed by atoms with Crippen LogP contribution in [0.5, 0.6) is 0 Å². The molecule has 0 aromatic carbocycles. The number of rotatable bonds is 2. The Morgan fingerprint density at radius 2 is 2.27 bits per heavy atom. The minimum atomic E-state index is 0.546. The maximum absolute atomic E-state index is 5.31. The maximum Gasteiger partial charge on any atom is 0.141 e. The van der Waals surface area contributed by atoms with Gasteiger partial charge in [0.05, 0.1) is 5.69 Å². The van der Waals surface area contributed by atoms with Crippen LogP contribution in [-0.2, 0) is 0 Å². The van der Waals surface area contributed by atoms with E-state index in [1.807, 2.05) is 26.0 Å². The fourth-order valence-electron chi connectivity index (χ4n) is 0.914. The van der Waals surface area contributed by atoms with Gasteiger partial charge in [-0.3, -0.25) is 0 Å². The molecule has 0 saturated heterocycles. The van der Waals surface area contributed by atoms with Crippen molar-refractivity contribution in [1.82, 2.24) is 5.16 Å². The van der Waals surface area contributed by atoms with Gasteiger partial charge in [0.25, 0.3) is 0 Å². The predicted molar refractivity (Wildman–Crippen MR) is 44.1 cm³/mol. The van der Waals surface area contributed by atoms with Gasteiger partial charge in [-0.05, 0) is 13.8 Å². The first-order chi connectivity index (χ1) is 5.25. The molecule has 3 nitrogen and oxygen atoms in total. The number of aryl methyl sites for hydroxylation is 2. The van der Waals surface area contributed by atoms with E-state index in [2.05, 4.69) is 5.16 Å². The molecule has 0 saturated carbocycles. The molecule has 0 unspecified atom stereocenters. The van der Waals surface area contributed by atoms with Crippen molar-refractivity contribution in [1.29, 1.82) is 0 Å². The van der Waals surface area contributed by atoms with E-state index < -0.39 is 0 Å². The molecule has 1 heterocycles. The molecule has 60 valence electrons. The van der Waals surface area contributed by atoms with Gasteiger partial charge in [-0.15, -0.1) is 0 Å². The molecular weight excluding hydrogens is 140 g/mol. The lowest BCUT2D eigenvalue weighted by molar-refractivity contribution is 0.393. The van der Waals surface area contributed by atoms with E-state index in [-0.39, 0.29) is 0 Å². The first-order valence-electron chi connectivity index (χ1n) is 3.55. The lowest BCUT2D eigenvalue weighted by Crippen LogP contribution is -1.92. The van der Waals surface area contributed by atoms with Crippen LogP contribution in [-0.4, -0.2) is 11.7 Å². The van der Waals surface area contributed by atoms with Gasteiger partial charge < -0.3 is 10.3 Å². The maximum atomic E-state index is 5.31. The molecule has 0 amide bonds. The number of hydrogen-bond acceptors (Lipinski definition) is 3. The standard InChI is InChI=1S/C8H12N2O/c1-6-8(4-3-5-9)7(2)11-10-6/h3-4H,5,9H2,1-2H3/b4-3+. The van der Waals surface area contributed by atoms with Gasteiger partial charge in [0, 0.05) is 12.1 Å². The van der Waals surface area contributed by atoms with Crippen molar-refractivity contribution >= 4 is 6.08 Å². The van der Waals surface area contributed by atoms with Gasteiger partial charge in [0.15, 0.2) is 0 Å². The minimum absolute atomic E-state index is 0.546. The Kier molecular flexibility index (Phi) is 2.44. The number of aromatic nitrogens is 1. The molecule has 1 rings (SSSR count).